The molecule has 0 saturated carbocycles. The summed E-state index contributed by atoms with van der Waals surface area (Å²) >= 11 is 0. The maximum absolute atomic E-state index is 12.9. The number of ketones is 1. The lowest BCUT2D eigenvalue weighted by atomic mass is 9.94. The van der Waals surface area contributed by atoms with E-state index in [-0.39, 0.29) is 43.2 Å². The van der Waals surface area contributed by atoms with Gasteiger partial charge in [0.1, 0.15) is 5.76 Å². The van der Waals surface area contributed by atoms with Crippen LogP contribution in [0.3, 0.4) is 0 Å². The summed E-state index contributed by atoms with van der Waals surface area (Å²) in [5.41, 5.74) is 1.27. The number of aliphatic hydroxyl groups excluding tert-OH is 2. The molecule has 1 atom stereocenters. The summed E-state index contributed by atoms with van der Waals surface area (Å²) in [6.07, 6.45) is 0. The lowest BCUT2D eigenvalue weighted by Crippen LogP contribution is -2.33. The van der Waals surface area contributed by atoms with Crippen molar-refractivity contribution in [3.05, 3.63) is 80.9 Å². The summed E-state index contributed by atoms with van der Waals surface area (Å²) in [6.45, 7) is 1.97. The first kappa shape index (κ1) is 22.1. The molecule has 0 radical (unpaired) electrons. The minimum absolute atomic E-state index is 0.0643. The van der Waals surface area contributed by atoms with Crippen molar-refractivity contribution in [3.8, 4) is 0 Å². The predicted molar refractivity (Wildman–Crippen MR) is 111 cm³/mol. The highest BCUT2D eigenvalue weighted by Gasteiger charge is 2.45. The lowest BCUT2D eigenvalue weighted by molar-refractivity contribution is -0.384. The molecule has 9 heteroatoms. The van der Waals surface area contributed by atoms with E-state index in [0.717, 1.165) is 11.6 Å². The molecule has 0 spiro atoms. The Labute approximate surface area is 178 Å². The second-order valence-electron chi connectivity index (χ2n) is 7.05. The molecule has 162 valence electrons. The van der Waals surface area contributed by atoms with Crippen LogP contribution in [0, 0.1) is 17.0 Å². The number of ether oxygens (including phenoxy) is 1. The number of non-ortho nitro benzene ring substituents is 1. The number of hydrogen-bond acceptors (Lipinski definition) is 7. The number of nitro groups is 1. The van der Waals surface area contributed by atoms with Gasteiger partial charge in [-0.15, -0.1) is 0 Å². The second kappa shape index (κ2) is 9.50. The number of hydrogen-bond donors (Lipinski definition) is 2. The molecule has 1 aliphatic rings. The first-order valence-electron chi connectivity index (χ1n) is 9.63. The number of nitrogens with zero attached hydrogens (tertiary/aromatic N) is 2. The number of rotatable bonds is 8. The van der Waals surface area contributed by atoms with Gasteiger partial charge in [-0.05, 0) is 12.5 Å². The van der Waals surface area contributed by atoms with E-state index >= 15 is 0 Å². The molecule has 3 rings (SSSR count). The Morgan fingerprint density at radius 3 is 2.52 bits per heavy atom. The van der Waals surface area contributed by atoms with Gasteiger partial charge < -0.3 is 19.8 Å². The van der Waals surface area contributed by atoms with Crippen LogP contribution in [0.25, 0.3) is 5.76 Å². The van der Waals surface area contributed by atoms with Crippen LogP contribution in [0.1, 0.15) is 22.7 Å². The highest BCUT2D eigenvalue weighted by Crippen LogP contribution is 2.39. The molecule has 2 N–H and O–H groups in total. The summed E-state index contributed by atoms with van der Waals surface area (Å²) in [5, 5.41) is 30.9. The van der Waals surface area contributed by atoms with Crippen molar-refractivity contribution in [1.82, 2.24) is 4.90 Å². The van der Waals surface area contributed by atoms with Crippen molar-refractivity contribution < 1.29 is 29.5 Å². The average Bonchev–Trinajstić information content (AvgIpc) is 3.01. The van der Waals surface area contributed by atoms with Gasteiger partial charge >= 0.3 is 0 Å². The van der Waals surface area contributed by atoms with Crippen LogP contribution in [0.4, 0.5) is 5.69 Å². The number of Topliss-reactive ketones (excluding diaryl/α,β-unsaturated/α-hetero) is 1. The molecule has 0 bridgehead atoms. The van der Waals surface area contributed by atoms with Crippen LogP contribution >= 0.6 is 0 Å². The van der Waals surface area contributed by atoms with Gasteiger partial charge in [0.15, 0.2) is 0 Å². The first-order chi connectivity index (χ1) is 14.8. The van der Waals surface area contributed by atoms with Gasteiger partial charge in [-0.1, -0.05) is 42.0 Å². The average molecular weight is 426 g/mol. The Hall–Kier alpha value is -3.56. The molecule has 0 unspecified atom stereocenters. The minimum atomic E-state index is -0.878. The fraction of sp³-hybridized carbons (Fsp3) is 0.273. The molecule has 1 amide bonds. The van der Waals surface area contributed by atoms with Gasteiger partial charge in [0.2, 0.25) is 0 Å². The summed E-state index contributed by atoms with van der Waals surface area (Å²) in [7, 11) is 0. The number of benzene rings is 2. The first-order valence-corrected chi connectivity index (χ1v) is 9.63. The van der Waals surface area contributed by atoms with E-state index < -0.39 is 28.4 Å². The molecule has 0 aromatic heterocycles. The van der Waals surface area contributed by atoms with Crippen molar-refractivity contribution in [1.29, 1.82) is 0 Å². The van der Waals surface area contributed by atoms with Gasteiger partial charge in [0, 0.05) is 24.2 Å². The topological polar surface area (TPSA) is 130 Å². The van der Waals surface area contributed by atoms with E-state index in [4.69, 9.17) is 9.84 Å². The number of aliphatic hydroxyl groups is 2. The zero-order valence-electron chi connectivity index (χ0n) is 16.9. The quantitative estimate of drug-likeness (QED) is 0.165. The number of likely N-dealkylation sites (tertiary alicyclic amines) is 1. The van der Waals surface area contributed by atoms with E-state index in [0.29, 0.717) is 5.56 Å². The molecule has 0 aliphatic carbocycles. The molecule has 1 aliphatic heterocycles. The maximum atomic E-state index is 12.9. The van der Waals surface area contributed by atoms with Gasteiger partial charge in [-0.25, -0.2) is 0 Å². The van der Waals surface area contributed by atoms with Crippen LogP contribution < -0.4 is 0 Å². The molecular formula is C22H22N2O7. The van der Waals surface area contributed by atoms with Crippen molar-refractivity contribution >= 4 is 23.1 Å². The molecule has 1 saturated heterocycles. The number of aryl methyl sites for hydroxylation is 1. The van der Waals surface area contributed by atoms with Gasteiger partial charge in [0.25, 0.3) is 17.4 Å². The summed E-state index contributed by atoms with van der Waals surface area (Å²) in [4.78, 5) is 37.4. The van der Waals surface area contributed by atoms with Crippen LogP contribution in [-0.2, 0) is 14.3 Å². The van der Waals surface area contributed by atoms with E-state index in [9.17, 15) is 24.8 Å². The number of carbonyl (C=O) groups excluding carboxylic acids is 2. The van der Waals surface area contributed by atoms with E-state index in [1.165, 1.54) is 23.1 Å². The van der Waals surface area contributed by atoms with Gasteiger partial charge in [-0.3, -0.25) is 19.7 Å². The summed E-state index contributed by atoms with van der Waals surface area (Å²) < 4.78 is 5.25. The monoisotopic (exact) mass is 426 g/mol. The van der Waals surface area contributed by atoms with Gasteiger partial charge in [0.05, 0.1) is 36.4 Å². The van der Waals surface area contributed by atoms with Gasteiger partial charge in [-0.2, -0.15) is 0 Å². The Balaban J connectivity index is 2.09. The highest BCUT2D eigenvalue weighted by molar-refractivity contribution is 6.46. The molecule has 9 nitrogen and oxygen atoms in total. The number of carbonyl (C=O) groups is 2. The smallest absolute Gasteiger partial charge is 0.295 e. The molecule has 1 heterocycles. The normalized spacial score (nSPS) is 17.9. The van der Waals surface area contributed by atoms with Crippen LogP contribution in [0.2, 0.25) is 0 Å². The van der Waals surface area contributed by atoms with Crippen molar-refractivity contribution in [3.63, 3.8) is 0 Å². The molecule has 1 fully saturated rings. The Kier molecular flexibility index (Phi) is 6.78. The fourth-order valence-electron chi connectivity index (χ4n) is 3.46. The van der Waals surface area contributed by atoms with Crippen LogP contribution in [0.5, 0.6) is 0 Å². The molecule has 2 aromatic rings. The maximum Gasteiger partial charge on any atom is 0.295 e. The Bertz CT molecular complexity index is 1030. The molecule has 2 aromatic carbocycles. The Morgan fingerprint density at radius 2 is 1.87 bits per heavy atom. The summed E-state index contributed by atoms with van der Waals surface area (Å²) in [5.74, 6) is -2.16. The standard InChI is InChI=1S/C22H22N2O7/c1-14-5-7-15(8-6-14)19-18(20(26)16-3-2-4-17(13-16)24(29)30)21(27)22(28)23(19)9-11-31-12-10-25/h2-8,13,19,25-26H,9-12H2,1H3/t19-/m0/s1. The predicted octanol–water partition coefficient (Wildman–Crippen LogP) is 2.33. The lowest BCUT2D eigenvalue weighted by Gasteiger charge is -2.25. The second-order valence-corrected chi connectivity index (χ2v) is 7.05. The third kappa shape index (κ3) is 4.62. The van der Waals surface area contributed by atoms with Crippen LogP contribution in [0.15, 0.2) is 54.1 Å². The number of nitro benzene ring substituents is 1. The third-order valence-corrected chi connectivity index (χ3v) is 4.98. The number of amides is 1. The van der Waals surface area contributed by atoms with E-state index in [2.05, 4.69) is 0 Å². The zero-order chi connectivity index (χ0) is 22.5. The minimum Gasteiger partial charge on any atom is -0.507 e. The van der Waals surface area contributed by atoms with Crippen molar-refractivity contribution in [2.75, 3.05) is 26.4 Å². The molecule has 31 heavy (non-hydrogen) atoms. The highest BCUT2D eigenvalue weighted by atomic mass is 16.6. The summed E-state index contributed by atoms with van der Waals surface area (Å²) in [6, 6.07) is 11.5. The van der Waals surface area contributed by atoms with E-state index in [1.54, 1.807) is 12.1 Å². The van der Waals surface area contributed by atoms with Crippen molar-refractivity contribution in [2.24, 2.45) is 0 Å². The largest absolute Gasteiger partial charge is 0.507 e. The molecular weight excluding hydrogens is 404 g/mol. The van der Waals surface area contributed by atoms with Crippen LogP contribution in [-0.4, -0.2) is 58.1 Å². The Morgan fingerprint density at radius 1 is 1.16 bits per heavy atom. The fourth-order valence-corrected chi connectivity index (χ4v) is 3.46. The van der Waals surface area contributed by atoms with E-state index in [1.807, 2.05) is 19.1 Å². The zero-order valence-corrected chi connectivity index (χ0v) is 16.9. The van der Waals surface area contributed by atoms with Crippen molar-refractivity contribution in [2.45, 2.75) is 13.0 Å². The third-order valence-electron chi connectivity index (χ3n) is 4.98. The SMILES string of the molecule is Cc1ccc([C@H]2C(=C(O)c3cccc([N+](=O)[O-])c3)C(=O)C(=O)N2CCOCCO)cc1.